The first-order valence-electron chi connectivity index (χ1n) is 8.04. The standard InChI is InChI=1S/C18H19N3O4S/c1-11-13-8-15(26-17(13)21(2)20-11)16(22)19-14(18(23)24)10-25-9-12-6-4-3-5-7-12/h3-8,14H,9-10H2,1-2H3,(H,19,22)(H,23,24)/t14-/m0/s1. The normalized spacial score (nSPS) is 12.2. The number of amides is 1. The average molecular weight is 373 g/mol. The number of rotatable bonds is 7. The van der Waals surface area contributed by atoms with E-state index in [4.69, 9.17) is 4.74 Å². The minimum absolute atomic E-state index is 0.110. The zero-order valence-electron chi connectivity index (χ0n) is 14.4. The molecule has 8 heteroatoms. The predicted octanol–water partition coefficient (Wildman–Crippen LogP) is 2.34. The molecular weight excluding hydrogens is 354 g/mol. The van der Waals surface area contributed by atoms with Gasteiger partial charge in [0.15, 0.2) is 6.04 Å². The molecule has 7 nitrogen and oxygen atoms in total. The lowest BCUT2D eigenvalue weighted by Crippen LogP contribution is -2.43. The van der Waals surface area contributed by atoms with Crippen LogP contribution in [0.4, 0.5) is 0 Å². The molecule has 2 aromatic heterocycles. The summed E-state index contributed by atoms with van der Waals surface area (Å²) in [5.74, 6) is -1.56. The third-order valence-electron chi connectivity index (χ3n) is 3.92. The summed E-state index contributed by atoms with van der Waals surface area (Å²) in [6.45, 7) is 2.05. The summed E-state index contributed by atoms with van der Waals surface area (Å²) in [5.41, 5.74) is 1.77. The van der Waals surface area contributed by atoms with Gasteiger partial charge in [-0.3, -0.25) is 9.48 Å². The highest BCUT2D eigenvalue weighted by atomic mass is 32.1. The van der Waals surface area contributed by atoms with Crippen LogP contribution >= 0.6 is 11.3 Å². The third-order valence-corrected chi connectivity index (χ3v) is 5.12. The maximum atomic E-state index is 12.4. The lowest BCUT2D eigenvalue weighted by atomic mass is 10.2. The van der Waals surface area contributed by atoms with Crippen molar-refractivity contribution >= 4 is 33.4 Å². The van der Waals surface area contributed by atoms with Crippen molar-refractivity contribution in [3.8, 4) is 0 Å². The van der Waals surface area contributed by atoms with Crippen LogP contribution in [0.3, 0.4) is 0 Å². The van der Waals surface area contributed by atoms with Gasteiger partial charge in [0.05, 0.1) is 23.8 Å². The van der Waals surface area contributed by atoms with Crippen molar-refractivity contribution in [2.45, 2.75) is 19.6 Å². The molecule has 0 fully saturated rings. The molecule has 3 aromatic rings. The zero-order valence-corrected chi connectivity index (χ0v) is 15.2. The van der Waals surface area contributed by atoms with Gasteiger partial charge in [-0.05, 0) is 18.6 Å². The minimum Gasteiger partial charge on any atom is -0.480 e. The number of carbonyl (C=O) groups is 2. The fourth-order valence-electron chi connectivity index (χ4n) is 2.59. The Balaban J connectivity index is 1.63. The number of benzene rings is 1. The molecular formula is C18H19N3O4S. The second kappa shape index (κ2) is 7.67. The van der Waals surface area contributed by atoms with Crippen LogP contribution in [0.2, 0.25) is 0 Å². The predicted molar refractivity (Wildman–Crippen MR) is 98.3 cm³/mol. The topological polar surface area (TPSA) is 93.5 Å². The van der Waals surface area contributed by atoms with Crippen LogP contribution in [0.5, 0.6) is 0 Å². The molecule has 2 heterocycles. The molecule has 0 aliphatic rings. The molecule has 0 saturated carbocycles. The first-order chi connectivity index (χ1) is 12.5. The van der Waals surface area contributed by atoms with Crippen molar-refractivity contribution < 1.29 is 19.4 Å². The third kappa shape index (κ3) is 3.92. The summed E-state index contributed by atoms with van der Waals surface area (Å²) in [5, 5.41) is 17.1. The van der Waals surface area contributed by atoms with Crippen molar-refractivity contribution in [1.82, 2.24) is 15.1 Å². The van der Waals surface area contributed by atoms with Crippen LogP contribution in [-0.4, -0.2) is 39.4 Å². The molecule has 0 spiro atoms. The molecule has 3 rings (SSSR count). The first kappa shape index (κ1) is 18.1. The monoisotopic (exact) mass is 373 g/mol. The molecule has 0 unspecified atom stereocenters. The lowest BCUT2D eigenvalue weighted by Gasteiger charge is -2.14. The summed E-state index contributed by atoms with van der Waals surface area (Å²) in [6.07, 6.45) is 0. The van der Waals surface area contributed by atoms with Gasteiger partial charge in [-0.1, -0.05) is 30.3 Å². The molecule has 0 saturated heterocycles. The van der Waals surface area contributed by atoms with E-state index in [1.54, 1.807) is 10.7 Å². The number of nitrogens with zero attached hydrogens (tertiary/aromatic N) is 2. The Hall–Kier alpha value is -2.71. The Kier molecular flexibility index (Phi) is 5.34. The quantitative estimate of drug-likeness (QED) is 0.663. The van der Waals surface area contributed by atoms with Gasteiger partial charge in [0, 0.05) is 12.4 Å². The number of carboxylic acid groups (broad SMARTS) is 1. The Morgan fingerprint density at radius 1 is 1.35 bits per heavy atom. The van der Waals surface area contributed by atoms with Crippen molar-refractivity contribution in [3.05, 3.63) is 52.5 Å². The molecule has 1 amide bonds. The highest BCUT2D eigenvalue weighted by Crippen LogP contribution is 2.27. The van der Waals surface area contributed by atoms with Crippen LogP contribution in [0, 0.1) is 6.92 Å². The van der Waals surface area contributed by atoms with Crippen LogP contribution in [0.15, 0.2) is 36.4 Å². The van der Waals surface area contributed by atoms with E-state index in [2.05, 4.69) is 10.4 Å². The number of hydrogen-bond acceptors (Lipinski definition) is 5. The summed E-state index contributed by atoms with van der Waals surface area (Å²) in [7, 11) is 1.81. The van der Waals surface area contributed by atoms with E-state index in [0.29, 0.717) is 4.88 Å². The molecule has 2 N–H and O–H groups in total. The maximum Gasteiger partial charge on any atom is 0.328 e. The first-order valence-corrected chi connectivity index (χ1v) is 8.86. The maximum absolute atomic E-state index is 12.4. The number of aromatic nitrogens is 2. The average Bonchev–Trinajstić information content (AvgIpc) is 3.17. The van der Waals surface area contributed by atoms with Crippen molar-refractivity contribution in [2.75, 3.05) is 6.61 Å². The fourth-order valence-corrected chi connectivity index (χ4v) is 3.62. The van der Waals surface area contributed by atoms with Crippen LogP contribution < -0.4 is 5.32 Å². The number of carbonyl (C=O) groups excluding carboxylic acids is 1. The van der Waals surface area contributed by atoms with Gasteiger partial charge in [0.1, 0.15) is 4.83 Å². The van der Waals surface area contributed by atoms with E-state index in [1.807, 2.05) is 44.3 Å². The minimum atomic E-state index is -1.13. The second-order valence-corrected chi connectivity index (χ2v) is 6.93. The zero-order chi connectivity index (χ0) is 18.7. The van der Waals surface area contributed by atoms with Gasteiger partial charge < -0.3 is 15.2 Å². The van der Waals surface area contributed by atoms with Gasteiger partial charge in [-0.2, -0.15) is 5.10 Å². The Morgan fingerprint density at radius 3 is 2.73 bits per heavy atom. The largest absolute Gasteiger partial charge is 0.480 e. The van der Waals surface area contributed by atoms with E-state index in [9.17, 15) is 14.7 Å². The van der Waals surface area contributed by atoms with E-state index < -0.39 is 17.9 Å². The van der Waals surface area contributed by atoms with Crippen molar-refractivity contribution in [2.24, 2.45) is 7.05 Å². The van der Waals surface area contributed by atoms with E-state index >= 15 is 0 Å². The number of fused-ring (bicyclic) bond motifs is 1. The number of hydrogen-bond donors (Lipinski definition) is 2. The van der Waals surface area contributed by atoms with E-state index in [-0.39, 0.29) is 13.2 Å². The number of aliphatic carboxylic acids is 1. The number of nitrogens with one attached hydrogen (secondary N) is 1. The van der Waals surface area contributed by atoms with Crippen molar-refractivity contribution in [3.63, 3.8) is 0 Å². The highest BCUT2D eigenvalue weighted by molar-refractivity contribution is 7.20. The molecule has 0 aliphatic carbocycles. The second-order valence-electron chi connectivity index (χ2n) is 5.90. The molecule has 1 atom stereocenters. The number of thiophene rings is 1. The van der Waals surface area contributed by atoms with Crippen LogP contribution in [0.1, 0.15) is 20.9 Å². The molecule has 136 valence electrons. The molecule has 0 aliphatic heterocycles. The summed E-state index contributed by atoms with van der Waals surface area (Å²) < 4.78 is 7.17. The van der Waals surface area contributed by atoms with Gasteiger partial charge in [0.25, 0.3) is 5.91 Å². The molecule has 0 bridgehead atoms. The van der Waals surface area contributed by atoms with E-state index in [1.165, 1.54) is 11.3 Å². The van der Waals surface area contributed by atoms with E-state index in [0.717, 1.165) is 21.5 Å². The van der Waals surface area contributed by atoms with Gasteiger partial charge in [-0.25, -0.2) is 4.79 Å². The molecule has 1 aromatic carbocycles. The summed E-state index contributed by atoms with van der Waals surface area (Å²) >= 11 is 1.28. The Morgan fingerprint density at radius 2 is 2.08 bits per heavy atom. The van der Waals surface area contributed by atoms with Crippen LogP contribution in [-0.2, 0) is 23.2 Å². The van der Waals surface area contributed by atoms with Crippen LogP contribution in [0.25, 0.3) is 10.2 Å². The van der Waals surface area contributed by atoms with Gasteiger partial charge in [-0.15, -0.1) is 11.3 Å². The fraction of sp³-hybridized carbons (Fsp3) is 0.278. The Bertz CT molecular complexity index is 898. The highest BCUT2D eigenvalue weighted by Gasteiger charge is 2.23. The molecule has 0 radical (unpaired) electrons. The summed E-state index contributed by atoms with van der Waals surface area (Å²) in [4.78, 5) is 25.2. The smallest absolute Gasteiger partial charge is 0.328 e. The number of ether oxygens (including phenoxy) is 1. The number of aryl methyl sites for hydroxylation is 2. The molecule has 26 heavy (non-hydrogen) atoms. The Labute approximate surface area is 154 Å². The summed E-state index contributed by atoms with van der Waals surface area (Å²) in [6, 6.07) is 10.1. The SMILES string of the molecule is Cc1nn(C)c2sc(C(=O)N[C@@H](COCc3ccccc3)C(=O)O)cc12. The number of carboxylic acids is 1. The van der Waals surface area contributed by atoms with Gasteiger partial charge in [0.2, 0.25) is 0 Å². The van der Waals surface area contributed by atoms with Gasteiger partial charge >= 0.3 is 5.97 Å². The van der Waals surface area contributed by atoms with Crippen molar-refractivity contribution in [1.29, 1.82) is 0 Å². The lowest BCUT2D eigenvalue weighted by molar-refractivity contribution is -0.141.